The zero-order valence-corrected chi connectivity index (χ0v) is 0. The fraction of sp³-hybridized carbons (Fsp3) is 0. The van der Waals surface area contributed by atoms with Crippen LogP contribution < -0.4 is 0 Å². The summed E-state index contributed by atoms with van der Waals surface area (Å²) in [6.07, 6.45) is 0. The summed E-state index contributed by atoms with van der Waals surface area (Å²) in [5, 5.41) is 0. The fourth-order valence-corrected chi connectivity index (χ4v) is 0. The summed E-state index contributed by atoms with van der Waals surface area (Å²) in [7, 11) is 0. The molecule has 0 spiro atoms. The van der Waals surface area contributed by atoms with Crippen LogP contribution in [0.25, 0.3) is 0 Å². The molecule has 0 rings (SSSR count). The Labute approximate surface area is 199 Å². The van der Waals surface area contributed by atoms with E-state index in [1.165, 1.54) is 0 Å². The third-order valence-electron chi connectivity index (χ3n) is 0. The van der Waals surface area contributed by atoms with E-state index >= 15 is 0 Å². The average molecular weight is 284 g/mol. The topological polar surface area (TPSA) is 0 Å². The Hall–Kier alpha value is 6.49. The first kappa shape index (κ1) is 22.4. The summed E-state index contributed by atoms with van der Waals surface area (Å²) in [5.74, 6) is 0. The van der Waals surface area contributed by atoms with Crippen LogP contribution in [0.15, 0.2) is 0 Å². The molecule has 0 amide bonds. The first-order valence-electron chi connectivity index (χ1n) is 0. The maximum absolute atomic E-state index is 0. The molecule has 0 aromatic heterocycles. The predicted octanol–water partition coefficient (Wildman–Crippen LogP) is -2.59. The second-order valence-electron chi connectivity index (χ2n) is 0. The van der Waals surface area contributed by atoms with Crippen LogP contribution in [0.5, 0.6) is 0 Å². The molecule has 0 radical (unpaired) electrons. The summed E-state index contributed by atoms with van der Waals surface area (Å²) >= 11 is 0. The Balaban J connectivity index is 0. The van der Waals surface area contributed by atoms with Gasteiger partial charge in [0.05, 0.1) is 0 Å². The van der Waals surface area contributed by atoms with E-state index in [9.17, 15) is 0 Å². The van der Waals surface area contributed by atoms with Gasteiger partial charge in [-0.3, -0.25) is 0 Å². The summed E-state index contributed by atoms with van der Waals surface area (Å²) in [5.41, 5.74) is 0. The molecular formula is H4CsKNaRb. The van der Waals surface area contributed by atoms with Crippen LogP contribution in [-0.2, 0) is 0 Å². The van der Waals surface area contributed by atoms with Crippen molar-refractivity contribution in [1.82, 2.24) is 0 Å². The molecule has 4 heteroatoms. The maximum atomic E-state index is 0. The van der Waals surface area contributed by atoms with Crippen molar-refractivity contribution in [2.45, 2.75) is 0 Å². The molecule has 0 aliphatic carbocycles. The number of hydrogen-bond donors (Lipinski definition) is 0. The Bertz CT molecular complexity index is 8.00. The first-order valence-corrected chi connectivity index (χ1v) is 0. The molecule has 0 aliphatic heterocycles. The van der Waals surface area contributed by atoms with Gasteiger partial charge < -0.3 is 0 Å². The molecule has 0 heterocycles. The van der Waals surface area contributed by atoms with Gasteiger partial charge in [0.1, 0.15) is 0 Å². The molecule has 8 valence electrons. The molecule has 0 aliphatic rings. The van der Waals surface area contributed by atoms with E-state index in [-0.39, 0.29) is 208 Å². The van der Waals surface area contributed by atoms with Crippen molar-refractivity contribution in [2.24, 2.45) is 0 Å². The van der Waals surface area contributed by atoms with E-state index in [2.05, 4.69) is 0 Å². The van der Waals surface area contributed by atoms with E-state index in [1.54, 1.807) is 0 Å². The van der Waals surface area contributed by atoms with Crippen LogP contribution in [0.1, 0.15) is 0 Å². The van der Waals surface area contributed by atoms with Crippen LogP contribution in [0.3, 0.4) is 0 Å². The minimum atomic E-state index is 0. The Morgan fingerprint density at radius 3 is 1.00 bits per heavy atom. The SMILES string of the molecule is [CsH].[KH].[NaH].[RbH]. The second-order valence-corrected chi connectivity index (χ2v) is 0. The van der Waals surface area contributed by atoms with Crippen molar-refractivity contribution in [1.29, 1.82) is 0 Å². The Kier molecular flexibility index (Phi) is 91.1. The third-order valence-corrected chi connectivity index (χ3v) is 0. The minimum absolute atomic E-state index is 0. The molecule has 0 atom stereocenters. The van der Waals surface area contributed by atoms with Gasteiger partial charge >= 0.3 is 208 Å². The van der Waals surface area contributed by atoms with E-state index in [0.717, 1.165) is 0 Å². The summed E-state index contributed by atoms with van der Waals surface area (Å²) in [6, 6.07) is 0. The van der Waals surface area contributed by atoms with Crippen molar-refractivity contribution >= 4 is 208 Å². The number of rotatable bonds is 0. The van der Waals surface area contributed by atoms with Gasteiger partial charge in [-0.2, -0.15) is 0 Å². The summed E-state index contributed by atoms with van der Waals surface area (Å²) < 4.78 is 0. The molecule has 0 saturated carbocycles. The quantitative estimate of drug-likeness (QED) is 0.428. The van der Waals surface area contributed by atoms with Crippen molar-refractivity contribution in [3.8, 4) is 0 Å². The van der Waals surface area contributed by atoms with Crippen molar-refractivity contribution < 1.29 is 0 Å². The van der Waals surface area contributed by atoms with Gasteiger partial charge in [0.2, 0.25) is 0 Å². The van der Waals surface area contributed by atoms with Gasteiger partial charge in [-0.05, 0) is 0 Å². The molecule has 0 N–H and O–H groups in total. The van der Waals surface area contributed by atoms with E-state index in [1.807, 2.05) is 0 Å². The van der Waals surface area contributed by atoms with Crippen molar-refractivity contribution in [3.05, 3.63) is 0 Å². The van der Waals surface area contributed by atoms with Gasteiger partial charge in [-0.25, -0.2) is 0 Å². The van der Waals surface area contributed by atoms with Gasteiger partial charge in [-0.1, -0.05) is 0 Å². The monoisotopic (exact) mass is 284 g/mol. The van der Waals surface area contributed by atoms with Crippen LogP contribution >= 0.6 is 0 Å². The summed E-state index contributed by atoms with van der Waals surface area (Å²) in [4.78, 5) is 0. The van der Waals surface area contributed by atoms with Crippen LogP contribution in [0.2, 0.25) is 0 Å². The van der Waals surface area contributed by atoms with Gasteiger partial charge in [0.25, 0.3) is 0 Å². The Morgan fingerprint density at radius 2 is 1.00 bits per heavy atom. The van der Waals surface area contributed by atoms with E-state index < -0.39 is 0 Å². The molecule has 0 saturated heterocycles. The molecule has 4 heavy (non-hydrogen) atoms. The first-order chi connectivity index (χ1) is 0. The molecule has 0 aromatic carbocycles. The molecule has 0 bridgehead atoms. The molecule has 0 aromatic rings. The van der Waals surface area contributed by atoms with Gasteiger partial charge in [0, 0.05) is 0 Å². The average Bonchev–Trinajstić information content (AvgIpc) is 0. The number of hydrogen-bond acceptors (Lipinski definition) is 0. The third kappa shape index (κ3) is 11.3. The van der Waals surface area contributed by atoms with Crippen molar-refractivity contribution in [2.75, 3.05) is 0 Å². The van der Waals surface area contributed by atoms with Gasteiger partial charge in [0.15, 0.2) is 0 Å². The summed E-state index contributed by atoms with van der Waals surface area (Å²) in [6.45, 7) is 0. The zero-order valence-electron chi connectivity index (χ0n) is 0. The standard InChI is InChI=1S/Cs.K.Na.Rb.4H. The zero-order chi connectivity index (χ0) is 0. The Morgan fingerprint density at radius 1 is 1.00 bits per heavy atom. The predicted molar refractivity (Wildman–Crippen MR) is 28.6 cm³/mol. The molecule has 0 nitrogen and oxygen atoms in total. The van der Waals surface area contributed by atoms with E-state index in [0.29, 0.717) is 0 Å². The second kappa shape index (κ2) is 16.2. The van der Waals surface area contributed by atoms with Crippen LogP contribution in [0, 0.1) is 0 Å². The van der Waals surface area contributed by atoms with Crippen LogP contribution in [-0.4, -0.2) is 208 Å². The fourth-order valence-electron chi connectivity index (χ4n) is 0. The van der Waals surface area contributed by atoms with E-state index in [4.69, 9.17) is 0 Å². The normalized spacial score (nSPS) is 0. The van der Waals surface area contributed by atoms with Gasteiger partial charge in [-0.15, -0.1) is 0 Å². The molecular weight excluding hydrogens is 280 g/mol. The molecule has 0 unspecified atom stereocenters. The van der Waals surface area contributed by atoms with Crippen molar-refractivity contribution in [3.63, 3.8) is 0 Å². The molecule has 0 fully saturated rings. The van der Waals surface area contributed by atoms with Crippen LogP contribution in [0.4, 0.5) is 0 Å².